The summed E-state index contributed by atoms with van der Waals surface area (Å²) in [5.41, 5.74) is 2.92. The first kappa shape index (κ1) is 54.8. The first-order valence-electron chi connectivity index (χ1n) is 21.2. The van der Waals surface area contributed by atoms with Crippen molar-refractivity contribution < 1.29 is 43.4 Å². The number of nitrogens with two attached hydrogens (primary N) is 1. The van der Waals surface area contributed by atoms with Gasteiger partial charge in [0.2, 0.25) is 5.54 Å². The Morgan fingerprint density at radius 1 is 0.515 bits per heavy atom. The molecule has 0 bridgehead atoms. The molecule has 0 radical (unpaired) electrons. The van der Waals surface area contributed by atoms with Gasteiger partial charge in [-0.1, -0.05) is 146 Å². The molecule has 15 heteroatoms. The number of rotatable bonds is 16. The molecule has 2 atom stereocenters. The number of halogens is 1. The number of likely N-dealkylation sites (N-methyl/N-ethyl adjacent to an activating group) is 4. The molecule has 14 nitrogen and oxygen atoms in total. The maximum atomic E-state index is 13.2. The summed E-state index contributed by atoms with van der Waals surface area (Å²) >= 11 is 0. The minimum Gasteiger partial charge on any atom is -0.479 e. The molecule has 4 amide bonds. The summed E-state index contributed by atoms with van der Waals surface area (Å²) in [5, 5.41) is 14.2. The van der Waals surface area contributed by atoms with Gasteiger partial charge < -0.3 is 30.3 Å². The number of amides is 4. The Bertz CT molecular complexity index is 2550. The Labute approximate surface area is 403 Å². The normalized spacial score (nSPS) is 12.0. The second kappa shape index (κ2) is 26.6. The van der Waals surface area contributed by atoms with Crippen molar-refractivity contribution in [2.24, 2.45) is 5.90 Å². The van der Waals surface area contributed by atoms with Crippen LogP contribution in [-0.4, -0.2) is 96.2 Å². The molecule has 0 aliphatic rings. The molecule has 6 aromatic carbocycles. The third-order valence-electron chi connectivity index (χ3n) is 11.2. The van der Waals surface area contributed by atoms with Gasteiger partial charge in [0.05, 0.1) is 13.2 Å². The van der Waals surface area contributed by atoms with Crippen LogP contribution in [0.5, 0.6) is 0 Å². The lowest BCUT2D eigenvalue weighted by atomic mass is 9.92. The number of nitrogens with zero attached hydrogens (tertiary/aromatic N) is 2. The van der Waals surface area contributed by atoms with Gasteiger partial charge >= 0.3 is 5.97 Å². The van der Waals surface area contributed by atoms with Crippen LogP contribution in [0.25, 0.3) is 22.3 Å². The van der Waals surface area contributed by atoms with Crippen molar-refractivity contribution in [3.63, 3.8) is 0 Å². The lowest BCUT2D eigenvalue weighted by Gasteiger charge is -2.35. The summed E-state index contributed by atoms with van der Waals surface area (Å²) in [6.07, 6.45) is 0. The molecule has 6 rings (SSSR count). The Morgan fingerprint density at radius 2 is 0.838 bits per heavy atom. The van der Waals surface area contributed by atoms with Gasteiger partial charge in [0, 0.05) is 39.3 Å². The predicted octanol–water partition coefficient (Wildman–Crippen LogP) is 7.23. The summed E-state index contributed by atoms with van der Waals surface area (Å²) in [5.74, 6) is 0.632. The topological polar surface area (TPSA) is 198 Å². The standard InChI is InChI=1S/C27H28N2O4.C19H20N2O4.C7H9NO.ClH/c1-27(26(32)28-2,24(30)19-33-18-20-10-6-4-7-11-20)29(3)25(31)23-16-14-22(15-17-23)21-12-8-5-9-13-21;1-19(18(24)25,17(23)20-2)21(3)16(22)15-11-9-14(10-12-15)13-7-5-4-6-8-13;8-9-6-7-4-2-1-3-5-7;/h4-17H,18-19H2,1-3H3,(H,28,32);4-12H,1-3H3,(H,20,23)(H,24,25);1-5H,6,8H2;1H. The highest BCUT2D eigenvalue weighted by molar-refractivity contribution is 6.14. The third kappa shape index (κ3) is 14.0. The van der Waals surface area contributed by atoms with E-state index in [0.717, 1.165) is 38.3 Å². The molecule has 0 saturated carbocycles. The van der Waals surface area contributed by atoms with Gasteiger partial charge in [0.1, 0.15) is 6.61 Å². The maximum absolute atomic E-state index is 13.2. The molecule has 0 aliphatic heterocycles. The highest BCUT2D eigenvalue weighted by Crippen LogP contribution is 2.24. The number of nitrogens with one attached hydrogen (secondary N) is 2. The molecule has 0 aliphatic carbocycles. The molecule has 0 heterocycles. The van der Waals surface area contributed by atoms with Crippen LogP contribution in [0.3, 0.4) is 0 Å². The van der Waals surface area contributed by atoms with Crippen molar-refractivity contribution in [3.05, 3.63) is 192 Å². The molecule has 0 fully saturated rings. The van der Waals surface area contributed by atoms with E-state index in [9.17, 15) is 33.9 Å². The highest BCUT2D eigenvalue weighted by atomic mass is 35.5. The average molecular weight is 945 g/mol. The van der Waals surface area contributed by atoms with E-state index >= 15 is 0 Å². The molecule has 68 heavy (non-hydrogen) atoms. The lowest BCUT2D eigenvalue weighted by Crippen LogP contribution is -2.62. The summed E-state index contributed by atoms with van der Waals surface area (Å²) in [7, 11) is 5.52. The number of hydrogen-bond donors (Lipinski definition) is 4. The van der Waals surface area contributed by atoms with Gasteiger partial charge in [-0.05, 0) is 71.5 Å². The number of carbonyl (C=O) groups excluding carboxylic acids is 5. The smallest absolute Gasteiger partial charge is 0.339 e. The van der Waals surface area contributed by atoms with E-state index in [-0.39, 0.29) is 25.6 Å². The SMILES string of the molecule is CNC(=O)C(C)(C(=O)COCc1ccccc1)N(C)C(=O)c1ccc(-c2ccccc2)cc1.CNC(=O)C(C)(C(=O)O)N(C)C(=O)c1ccc(-c2ccccc2)cc1.Cl.NOCc1ccccc1. The second-order valence-electron chi connectivity index (χ2n) is 15.4. The Morgan fingerprint density at radius 3 is 1.19 bits per heavy atom. The lowest BCUT2D eigenvalue weighted by molar-refractivity contribution is -0.154. The molecule has 6 aromatic rings. The molecule has 2 unspecified atom stereocenters. The number of ether oxygens (including phenoxy) is 1. The summed E-state index contributed by atoms with van der Waals surface area (Å²) in [6.45, 7) is 3.06. The maximum Gasteiger partial charge on any atom is 0.339 e. The first-order chi connectivity index (χ1) is 32.1. The van der Waals surface area contributed by atoms with Crippen molar-refractivity contribution >= 4 is 47.8 Å². The van der Waals surface area contributed by atoms with Crippen LogP contribution in [0, 0.1) is 0 Å². The van der Waals surface area contributed by atoms with Crippen LogP contribution in [-0.2, 0) is 42.0 Å². The van der Waals surface area contributed by atoms with Gasteiger partial charge in [-0.15, -0.1) is 12.4 Å². The van der Waals surface area contributed by atoms with E-state index in [1.54, 1.807) is 36.4 Å². The number of carbonyl (C=O) groups is 6. The minimum absolute atomic E-state index is 0. The third-order valence-corrected chi connectivity index (χ3v) is 11.2. The van der Waals surface area contributed by atoms with Crippen molar-refractivity contribution in [3.8, 4) is 22.3 Å². The van der Waals surface area contributed by atoms with Crippen LogP contribution in [0.1, 0.15) is 45.7 Å². The monoisotopic (exact) mass is 943 g/mol. The fourth-order valence-electron chi connectivity index (χ4n) is 6.66. The van der Waals surface area contributed by atoms with Crippen LogP contribution < -0.4 is 16.5 Å². The largest absolute Gasteiger partial charge is 0.479 e. The van der Waals surface area contributed by atoms with Crippen LogP contribution in [0.2, 0.25) is 0 Å². The van der Waals surface area contributed by atoms with E-state index in [1.807, 2.05) is 133 Å². The van der Waals surface area contributed by atoms with E-state index in [4.69, 9.17) is 10.6 Å². The number of Topliss-reactive ketones (excluding diaryl/α,β-unsaturated/α-hetero) is 1. The summed E-state index contributed by atoms with van der Waals surface area (Å²) in [4.78, 5) is 81.8. The van der Waals surface area contributed by atoms with Crippen LogP contribution in [0.4, 0.5) is 0 Å². The van der Waals surface area contributed by atoms with Gasteiger partial charge in [0.15, 0.2) is 11.3 Å². The number of ketones is 1. The van der Waals surface area contributed by atoms with E-state index in [1.165, 1.54) is 46.9 Å². The molecule has 5 N–H and O–H groups in total. The quantitative estimate of drug-likeness (QED) is 0.0568. The minimum atomic E-state index is -2.00. The fourth-order valence-corrected chi connectivity index (χ4v) is 6.66. The Hall–Kier alpha value is -7.49. The number of hydrogen-bond acceptors (Lipinski definition) is 9. The van der Waals surface area contributed by atoms with E-state index in [0.29, 0.717) is 17.7 Å². The van der Waals surface area contributed by atoms with E-state index < -0.39 is 46.5 Å². The number of benzene rings is 6. The number of carboxylic acids is 1. The predicted molar refractivity (Wildman–Crippen MR) is 264 cm³/mol. The first-order valence-corrected chi connectivity index (χ1v) is 21.2. The number of aliphatic carboxylic acids is 1. The highest BCUT2D eigenvalue weighted by Gasteiger charge is 2.48. The molecule has 356 valence electrons. The van der Waals surface area contributed by atoms with Crippen molar-refractivity contribution in [1.82, 2.24) is 20.4 Å². The van der Waals surface area contributed by atoms with Crippen LogP contribution >= 0.6 is 12.4 Å². The number of carboxylic acid groups (broad SMARTS) is 1. The average Bonchev–Trinajstić information content (AvgIpc) is 3.38. The van der Waals surface area contributed by atoms with Crippen LogP contribution in [0.15, 0.2) is 170 Å². The molecule has 0 saturated heterocycles. The Kier molecular flexibility index (Phi) is 21.5. The van der Waals surface area contributed by atoms with E-state index in [2.05, 4.69) is 15.5 Å². The molecular weight excluding hydrogens is 886 g/mol. The zero-order valence-corrected chi connectivity index (χ0v) is 39.7. The molecule has 0 spiro atoms. The summed E-state index contributed by atoms with van der Waals surface area (Å²) < 4.78 is 5.56. The summed E-state index contributed by atoms with van der Waals surface area (Å²) in [6, 6.07) is 52.6. The second-order valence-corrected chi connectivity index (χ2v) is 15.4. The van der Waals surface area contributed by atoms with Gasteiger partial charge in [-0.25, -0.2) is 10.7 Å². The molecular formula is C53H58ClN5O9. The Balaban J connectivity index is 0.000000308. The van der Waals surface area contributed by atoms with Crippen molar-refractivity contribution in [2.75, 3.05) is 34.8 Å². The van der Waals surface area contributed by atoms with Crippen molar-refractivity contribution in [1.29, 1.82) is 0 Å². The zero-order chi connectivity index (χ0) is 49.0. The van der Waals surface area contributed by atoms with Gasteiger partial charge in [-0.2, -0.15) is 0 Å². The van der Waals surface area contributed by atoms with Crippen molar-refractivity contribution in [2.45, 2.75) is 38.1 Å². The van der Waals surface area contributed by atoms with Gasteiger partial charge in [-0.3, -0.25) is 28.8 Å². The van der Waals surface area contributed by atoms with Gasteiger partial charge in [0.25, 0.3) is 23.6 Å². The zero-order valence-electron chi connectivity index (χ0n) is 38.9. The fraction of sp³-hybridized carbons (Fsp3) is 0.208. The molecule has 0 aromatic heterocycles.